The highest BCUT2D eigenvalue weighted by Gasteiger charge is 2.44. The molecule has 174 valence electrons. The van der Waals surface area contributed by atoms with Gasteiger partial charge in [0.25, 0.3) is 0 Å². The molecule has 6 rings (SSSR count). The Bertz CT molecular complexity index is 1340. The average Bonchev–Trinajstić information content (AvgIpc) is 3.28. The molecular formula is C24H19Cl2N3O5. The summed E-state index contributed by atoms with van der Waals surface area (Å²) in [6.07, 6.45) is 5.58. The zero-order valence-electron chi connectivity index (χ0n) is 17.8. The summed E-state index contributed by atoms with van der Waals surface area (Å²) in [5, 5.41) is 0.944. The van der Waals surface area contributed by atoms with Crippen LogP contribution >= 0.6 is 23.2 Å². The lowest BCUT2D eigenvalue weighted by Crippen LogP contribution is -2.48. The molecule has 2 atom stereocenters. The molecule has 0 N–H and O–H groups in total. The van der Waals surface area contributed by atoms with Gasteiger partial charge in [-0.05, 0) is 37.1 Å². The van der Waals surface area contributed by atoms with Crippen molar-refractivity contribution in [2.75, 3.05) is 4.90 Å². The number of benzene rings is 2. The number of nitrogens with zero attached hydrogens (tertiary/aromatic N) is 3. The van der Waals surface area contributed by atoms with E-state index in [1.807, 2.05) is 6.07 Å². The van der Waals surface area contributed by atoms with E-state index in [0.717, 1.165) is 37.8 Å². The molecule has 2 aromatic carbocycles. The Balaban J connectivity index is 1.33. The second-order valence-electron chi connectivity index (χ2n) is 8.57. The van der Waals surface area contributed by atoms with Gasteiger partial charge < -0.3 is 19.2 Å². The number of hydrogen-bond donors (Lipinski definition) is 0. The van der Waals surface area contributed by atoms with Gasteiger partial charge in [0.15, 0.2) is 5.75 Å². The number of hydrogen-bond acceptors (Lipinski definition) is 7. The van der Waals surface area contributed by atoms with Gasteiger partial charge in [-0.1, -0.05) is 29.3 Å². The topological polar surface area (TPSA) is 82.9 Å². The minimum atomic E-state index is -0.685. The molecular weight excluding hydrogens is 481 g/mol. The van der Waals surface area contributed by atoms with Crippen LogP contribution in [0.3, 0.4) is 0 Å². The van der Waals surface area contributed by atoms with Crippen LogP contribution in [0, 0.1) is 0 Å². The first-order valence-electron chi connectivity index (χ1n) is 11.0. The Hall–Kier alpha value is -3.23. The molecule has 0 radical (unpaired) electrons. The molecule has 34 heavy (non-hydrogen) atoms. The van der Waals surface area contributed by atoms with Crippen molar-refractivity contribution in [3.05, 3.63) is 58.6 Å². The first-order valence-corrected chi connectivity index (χ1v) is 11.8. The van der Waals surface area contributed by atoms with Crippen molar-refractivity contribution in [2.45, 2.75) is 43.9 Å². The number of carbonyl (C=O) groups excluding carboxylic acids is 2. The van der Waals surface area contributed by atoms with E-state index in [1.54, 1.807) is 30.3 Å². The van der Waals surface area contributed by atoms with Crippen LogP contribution in [-0.4, -0.2) is 39.8 Å². The van der Waals surface area contributed by atoms with Gasteiger partial charge in [-0.25, -0.2) is 14.6 Å². The molecule has 1 aromatic heterocycles. The summed E-state index contributed by atoms with van der Waals surface area (Å²) >= 11 is 12.2. The maximum atomic E-state index is 12.4. The number of aromatic nitrogens is 2. The van der Waals surface area contributed by atoms with E-state index < -0.39 is 11.9 Å². The lowest BCUT2D eigenvalue weighted by Gasteiger charge is -2.39. The smallest absolute Gasteiger partial charge is 0.356 e. The molecule has 0 spiro atoms. The van der Waals surface area contributed by atoms with Gasteiger partial charge in [-0.2, -0.15) is 0 Å². The Labute approximate surface area is 204 Å². The Morgan fingerprint density at radius 3 is 2.50 bits per heavy atom. The summed E-state index contributed by atoms with van der Waals surface area (Å²) in [5.74, 6) is 0.167. The van der Waals surface area contributed by atoms with Gasteiger partial charge >= 0.3 is 11.9 Å². The second kappa shape index (κ2) is 8.21. The minimum Gasteiger partial charge on any atom is -0.490 e. The van der Waals surface area contributed by atoms with Crippen molar-refractivity contribution in [2.24, 2.45) is 0 Å². The van der Waals surface area contributed by atoms with E-state index in [0.29, 0.717) is 38.5 Å². The zero-order valence-corrected chi connectivity index (χ0v) is 19.3. The van der Waals surface area contributed by atoms with Crippen LogP contribution in [0.5, 0.6) is 11.5 Å². The fraction of sp³-hybridized carbons (Fsp3) is 0.292. The standard InChI is InChI=1S/C24H19Cl2N3O5/c25-17-7-6-15(12-18(17)26)32-16-10-13-4-5-14(11-16)28(13)24-27-23-19-2-1-3-20(23)33-21(30)8-9-22(31)34-29(19)24/h1-3,6-9,12-14,16H,4-5,10-11H2/b9-8+. The van der Waals surface area contributed by atoms with Crippen molar-refractivity contribution in [3.63, 3.8) is 0 Å². The molecule has 3 aromatic rings. The maximum absolute atomic E-state index is 12.4. The monoisotopic (exact) mass is 499 g/mol. The molecule has 6 bridgehead atoms. The van der Waals surface area contributed by atoms with Crippen molar-refractivity contribution < 1.29 is 23.9 Å². The van der Waals surface area contributed by atoms with E-state index in [2.05, 4.69) is 4.90 Å². The zero-order chi connectivity index (χ0) is 23.4. The van der Waals surface area contributed by atoms with Crippen molar-refractivity contribution >= 4 is 52.1 Å². The molecule has 10 heteroatoms. The van der Waals surface area contributed by atoms with Crippen LogP contribution in [0.15, 0.2) is 48.6 Å². The van der Waals surface area contributed by atoms with Crippen molar-refractivity contribution in [1.29, 1.82) is 0 Å². The van der Waals surface area contributed by atoms with E-state index in [4.69, 9.17) is 42.5 Å². The normalized spacial score (nSPS) is 24.8. The molecule has 0 aliphatic carbocycles. The number of fused-ring (bicyclic) bond motifs is 2. The minimum absolute atomic E-state index is 0.00732. The number of halogens is 2. The third-order valence-electron chi connectivity index (χ3n) is 6.45. The van der Waals surface area contributed by atoms with Crippen LogP contribution in [0.4, 0.5) is 5.95 Å². The van der Waals surface area contributed by atoms with Gasteiger partial charge in [0.05, 0.1) is 10.0 Å². The first kappa shape index (κ1) is 21.3. The van der Waals surface area contributed by atoms with Crippen molar-refractivity contribution in [3.8, 4) is 11.5 Å². The van der Waals surface area contributed by atoms with Gasteiger partial charge in [-0.3, -0.25) is 0 Å². The largest absolute Gasteiger partial charge is 0.490 e. The van der Waals surface area contributed by atoms with Gasteiger partial charge in [0.2, 0.25) is 5.95 Å². The average molecular weight is 500 g/mol. The fourth-order valence-corrected chi connectivity index (χ4v) is 5.35. The van der Waals surface area contributed by atoms with Gasteiger partial charge in [0, 0.05) is 43.1 Å². The van der Waals surface area contributed by atoms with Crippen LogP contribution < -0.4 is 19.2 Å². The SMILES string of the molecule is O=C1/C=C/C(=O)On2c(N3C4CCC3CC(Oc3ccc(Cl)c(Cl)c3)C4)nc3c(cccc32)O1. The van der Waals surface area contributed by atoms with Gasteiger partial charge in [-0.15, -0.1) is 4.73 Å². The van der Waals surface area contributed by atoms with E-state index >= 15 is 0 Å². The van der Waals surface area contributed by atoms with Crippen molar-refractivity contribution in [1.82, 2.24) is 9.71 Å². The number of piperidine rings is 1. The quantitative estimate of drug-likeness (QED) is 0.391. The lowest BCUT2D eigenvalue weighted by atomic mass is 10.00. The van der Waals surface area contributed by atoms with E-state index in [-0.39, 0.29) is 18.2 Å². The van der Waals surface area contributed by atoms with Crippen LogP contribution in [0.1, 0.15) is 25.7 Å². The molecule has 3 aliphatic heterocycles. The summed E-state index contributed by atoms with van der Waals surface area (Å²) in [4.78, 5) is 37.0. The number of anilines is 1. The first-order chi connectivity index (χ1) is 16.5. The molecule has 0 saturated carbocycles. The number of rotatable bonds is 3. The van der Waals surface area contributed by atoms with Gasteiger partial charge in [0.1, 0.15) is 22.9 Å². The van der Waals surface area contributed by atoms with E-state index in [9.17, 15) is 9.59 Å². The van der Waals surface area contributed by atoms with E-state index in [1.165, 1.54) is 4.73 Å². The number of para-hydroxylation sites is 1. The van der Waals surface area contributed by atoms with Crippen LogP contribution in [0.2, 0.25) is 10.0 Å². The maximum Gasteiger partial charge on any atom is 0.356 e. The predicted molar refractivity (Wildman–Crippen MR) is 125 cm³/mol. The number of esters is 1. The summed E-state index contributed by atoms with van der Waals surface area (Å²) in [5.41, 5.74) is 1.01. The Morgan fingerprint density at radius 1 is 0.971 bits per heavy atom. The van der Waals surface area contributed by atoms with Crippen LogP contribution in [0.25, 0.3) is 11.0 Å². The molecule has 3 aliphatic rings. The lowest BCUT2D eigenvalue weighted by molar-refractivity contribution is -0.138. The summed E-state index contributed by atoms with van der Waals surface area (Å²) in [6.45, 7) is 0. The third-order valence-corrected chi connectivity index (χ3v) is 7.19. The fourth-order valence-electron chi connectivity index (χ4n) is 5.07. The molecule has 2 saturated heterocycles. The Morgan fingerprint density at radius 2 is 1.74 bits per heavy atom. The predicted octanol–water partition coefficient (Wildman–Crippen LogP) is 4.35. The highest BCUT2D eigenvalue weighted by molar-refractivity contribution is 6.42. The third kappa shape index (κ3) is 3.67. The molecule has 8 nitrogen and oxygen atoms in total. The molecule has 4 heterocycles. The summed E-state index contributed by atoms with van der Waals surface area (Å²) in [7, 11) is 0. The summed E-state index contributed by atoms with van der Waals surface area (Å²) in [6, 6.07) is 10.8. The second-order valence-corrected chi connectivity index (χ2v) is 9.39. The number of carbonyl (C=O) groups is 2. The molecule has 2 unspecified atom stereocenters. The number of ether oxygens (including phenoxy) is 2. The van der Waals surface area contributed by atoms with Crippen LogP contribution in [-0.2, 0) is 9.59 Å². The highest BCUT2D eigenvalue weighted by Crippen LogP contribution is 2.42. The highest BCUT2D eigenvalue weighted by atomic mass is 35.5. The Kier molecular flexibility index (Phi) is 5.15. The molecule has 2 fully saturated rings. The molecule has 0 amide bonds. The number of imidazole rings is 1. The summed E-state index contributed by atoms with van der Waals surface area (Å²) < 4.78 is 13.1.